The van der Waals surface area contributed by atoms with Gasteiger partial charge in [-0.05, 0) is 31.5 Å². The number of aromatic nitrogens is 1. The SMILES string of the molecule is CCOC(=O)C(CP=O)(OCC)C(CSc1ccc2ccccc2n1)c1ccccc1. The smallest absolute Gasteiger partial charge is 0.339 e. The second-order valence-electron chi connectivity index (χ2n) is 6.95. The van der Waals surface area contributed by atoms with E-state index in [9.17, 15) is 9.36 Å². The summed E-state index contributed by atoms with van der Waals surface area (Å²) in [6, 6.07) is 21.7. The highest BCUT2D eigenvalue weighted by molar-refractivity contribution is 7.99. The van der Waals surface area contributed by atoms with Gasteiger partial charge in [0.25, 0.3) is 0 Å². The second-order valence-corrected chi connectivity index (χ2v) is 8.56. The number of nitrogens with zero attached hydrogens (tertiary/aromatic N) is 1. The molecule has 1 aromatic heterocycles. The molecular formula is C24H26NO4PS. The van der Waals surface area contributed by atoms with Crippen LogP contribution in [0.3, 0.4) is 0 Å². The highest BCUT2D eigenvalue weighted by Crippen LogP contribution is 2.39. The third-order valence-corrected chi connectivity index (χ3v) is 6.68. The molecule has 0 aliphatic heterocycles. The summed E-state index contributed by atoms with van der Waals surface area (Å²) >= 11 is 1.55. The van der Waals surface area contributed by atoms with Crippen molar-refractivity contribution < 1.29 is 18.8 Å². The van der Waals surface area contributed by atoms with E-state index in [1.165, 1.54) is 0 Å². The highest BCUT2D eigenvalue weighted by atomic mass is 32.2. The minimum Gasteiger partial charge on any atom is -0.464 e. The number of thioether (sulfide) groups is 1. The molecule has 0 amide bonds. The zero-order valence-electron chi connectivity index (χ0n) is 17.7. The molecule has 1 heterocycles. The van der Waals surface area contributed by atoms with Crippen LogP contribution in [-0.4, -0.2) is 41.7 Å². The summed E-state index contributed by atoms with van der Waals surface area (Å²) in [6.45, 7) is 4.12. The summed E-state index contributed by atoms with van der Waals surface area (Å²) in [4.78, 5) is 17.9. The number of hydrogen-bond donors (Lipinski definition) is 0. The number of pyridine rings is 1. The van der Waals surface area contributed by atoms with E-state index in [-0.39, 0.29) is 27.1 Å². The van der Waals surface area contributed by atoms with Gasteiger partial charge in [0.15, 0.2) is 14.1 Å². The molecule has 0 saturated heterocycles. The van der Waals surface area contributed by atoms with Crippen LogP contribution in [-0.2, 0) is 18.8 Å². The van der Waals surface area contributed by atoms with Crippen LogP contribution in [0, 0.1) is 0 Å². The van der Waals surface area contributed by atoms with Crippen LogP contribution >= 0.6 is 20.2 Å². The van der Waals surface area contributed by atoms with E-state index in [0.717, 1.165) is 21.5 Å². The van der Waals surface area contributed by atoms with Crippen molar-refractivity contribution in [1.29, 1.82) is 0 Å². The first kappa shape index (κ1) is 23.4. The lowest BCUT2D eigenvalue weighted by atomic mass is 9.84. The van der Waals surface area contributed by atoms with Crippen LogP contribution in [0.4, 0.5) is 0 Å². The highest BCUT2D eigenvalue weighted by Gasteiger charge is 2.49. The molecule has 0 fully saturated rings. The Morgan fingerprint density at radius 3 is 2.48 bits per heavy atom. The van der Waals surface area contributed by atoms with E-state index >= 15 is 0 Å². The Hall–Kier alpha value is -2.27. The van der Waals surface area contributed by atoms with Gasteiger partial charge in [-0.25, -0.2) is 9.78 Å². The number of fused-ring (bicyclic) bond motifs is 1. The fourth-order valence-corrected chi connectivity index (χ4v) is 5.37. The largest absolute Gasteiger partial charge is 0.464 e. The fraction of sp³-hybridized carbons (Fsp3) is 0.333. The number of hydrogen-bond acceptors (Lipinski definition) is 6. The van der Waals surface area contributed by atoms with Crippen molar-refractivity contribution in [2.75, 3.05) is 25.1 Å². The van der Waals surface area contributed by atoms with E-state index in [2.05, 4.69) is 0 Å². The monoisotopic (exact) mass is 455 g/mol. The Bertz CT molecular complexity index is 1020. The molecule has 0 aliphatic rings. The molecule has 2 aromatic carbocycles. The molecule has 7 heteroatoms. The number of esters is 1. The summed E-state index contributed by atoms with van der Waals surface area (Å²) in [5.74, 6) is -0.336. The predicted octanol–water partition coefficient (Wildman–Crippen LogP) is 5.74. The van der Waals surface area contributed by atoms with Gasteiger partial charge >= 0.3 is 5.97 Å². The lowest BCUT2D eigenvalue weighted by Crippen LogP contribution is -2.51. The third kappa shape index (κ3) is 5.51. The normalized spacial score (nSPS) is 14.3. The average molecular weight is 456 g/mol. The van der Waals surface area contributed by atoms with Crippen molar-refractivity contribution in [3.05, 3.63) is 72.3 Å². The van der Waals surface area contributed by atoms with Gasteiger partial charge in [0.1, 0.15) is 0 Å². The first-order valence-corrected chi connectivity index (χ1v) is 12.3. The predicted molar refractivity (Wildman–Crippen MR) is 125 cm³/mol. The zero-order chi connectivity index (χ0) is 22.1. The molecule has 0 saturated carbocycles. The Labute approximate surface area is 188 Å². The lowest BCUT2D eigenvalue weighted by molar-refractivity contribution is -0.171. The molecule has 0 spiro atoms. The minimum absolute atomic E-state index is 0.0188. The molecule has 3 rings (SSSR count). The van der Waals surface area contributed by atoms with Crippen LogP contribution in [0.1, 0.15) is 25.3 Å². The van der Waals surface area contributed by atoms with Gasteiger partial charge in [-0.3, -0.25) is 4.57 Å². The van der Waals surface area contributed by atoms with Gasteiger partial charge in [-0.2, -0.15) is 0 Å². The standard InChI is InChI=1S/C24H26NO4PS/c1-3-28-23(26)24(17-30-27,29-4-2)20(18-10-6-5-7-11-18)16-31-22-15-14-19-12-8-9-13-21(19)25-22/h5-15,20H,3-4,16-17H2,1-2H3. The van der Waals surface area contributed by atoms with Crippen molar-refractivity contribution in [2.45, 2.75) is 30.4 Å². The van der Waals surface area contributed by atoms with E-state index < -0.39 is 11.6 Å². The van der Waals surface area contributed by atoms with Gasteiger partial charge < -0.3 is 9.47 Å². The molecule has 5 nitrogen and oxygen atoms in total. The molecule has 0 bridgehead atoms. The van der Waals surface area contributed by atoms with Gasteiger partial charge in [-0.15, -0.1) is 11.8 Å². The Morgan fingerprint density at radius 2 is 1.77 bits per heavy atom. The topological polar surface area (TPSA) is 65.5 Å². The lowest BCUT2D eigenvalue weighted by Gasteiger charge is -2.37. The maximum absolute atomic E-state index is 13.1. The minimum atomic E-state index is -1.35. The summed E-state index contributed by atoms with van der Waals surface area (Å²) in [6.07, 6.45) is 0.0188. The van der Waals surface area contributed by atoms with E-state index in [1.54, 1.807) is 18.7 Å². The molecule has 3 aromatic rings. The van der Waals surface area contributed by atoms with Crippen molar-refractivity contribution >= 4 is 37.1 Å². The van der Waals surface area contributed by atoms with Crippen LogP contribution in [0.5, 0.6) is 0 Å². The molecule has 2 unspecified atom stereocenters. The number of ether oxygens (including phenoxy) is 2. The van der Waals surface area contributed by atoms with Crippen LogP contribution < -0.4 is 0 Å². The maximum Gasteiger partial charge on any atom is 0.339 e. The maximum atomic E-state index is 13.1. The Kier molecular flexibility index (Phi) is 8.59. The van der Waals surface area contributed by atoms with Crippen LogP contribution in [0.2, 0.25) is 0 Å². The van der Waals surface area contributed by atoms with E-state index in [0.29, 0.717) is 12.4 Å². The number of carbonyl (C=O) groups excluding carboxylic acids is 1. The molecule has 0 radical (unpaired) electrons. The average Bonchev–Trinajstić information content (AvgIpc) is 2.80. The summed E-state index contributed by atoms with van der Waals surface area (Å²) in [5.41, 5.74) is 0.503. The summed E-state index contributed by atoms with van der Waals surface area (Å²) in [5, 5.41) is 1.93. The third-order valence-electron chi connectivity index (χ3n) is 5.06. The van der Waals surface area contributed by atoms with Crippen molar-refractivity contribution in [2.24, 2.45) is 0 Å². The quantitative estimate of drug-likeness (QED) is 0.209. The van der Waals surface area contributed by atoms with E-state index in [4.69, 9.17) is 14.5 Å². The number of rotatable bonds is 11. The molecule has 0 N–H and O–H groups in total. The second kappa shape index (κ2) is 11.4. The van der Waals surface area contributed by atoms with Gasteiger partial charge in [0.05, 0.1) is 23.3 Å². The summed E-state index contributed by atoms with van der Waals surface area (Å²) < 4.78 is 23.2. The van der Waals surface area contributed by atoms with Crippen molar-refractivity contribution in [3.63, 3.8) is 0 Å². The van der Waals surface area contributed by atoms with Crippen molar-refractivity contribution in [3.8, 4) is 0 Å². The van der Waals surface area contributed by atoms with Gasteiger partial charge in [0, 0.05) is 23.7 Å². The number of carbonyl (C=O) groups is 1. The van der Waals surface area contributed by atoms with Crippen molar-refractivity contribution in [1.82, 2.24) is 4.98 Å². The Balaban J connectivity index is 1.98. The molecule has 31 heavy (non-hydrogen) atoms. The van der Waals surface area contributed by atoms with Crippen LogP contribution in [0.15, 0.2) is 71.8 Å². The number of para-hydroxylation sites is 1. The zero-order valence-corrected chi connectivity index (χ0v) is 19.4. The molecular weight excluding hydrogens is 429 g/mol. The fourth-order valence-electron chi connectivity index (χ4n) is 3.61. The molecule has 0 aliphatic carbocycles. The number of benzene rings is 2. The van der Waals surface area contributed by atoms with E-state index in [1.807, 2.05) is 73.7 Å². The van der Waals surface area contributed by atoms with Gasteiger partial charge in [-0.1, -0.05) is 54.6 Å². The van der Waals surface area contributed by atoms with Crippen LogP contribution in [0.25, 0.3) is 10.9 Å². The first-order chi connectivity index (χ1) is 15.1. The molecule has 162 valence electrons. The molecule has 2 atom stereocenters. The first-order valence-electron chi connectivity index (χ1n) is 10.3. The summed E-state index contributed by atoms with van der Waals surface area (Å²) in [7, 11) is -0.170. The Morgan fingerprint density at radius 1 is 1.03 bits per heavy atom. The van der Waals surface area contributed by atoms with Gasteiger partial charge in [0.2, 0.25) is 0 Å².